The van der Waals surface area contributed by atoms with Crippen LogP contribution in [0.15, 0.2) is 0 Å². The summed E-state index contributed by atoms with van der Waals surface area (Å²) in [4.78, 5) is 4.07. The SMILES string of the molecule is CCCC(N)n1c(OC)nc(CO)c1CO. The third-order valence-electron chi connectivity index (χ3n) is 2.46. The highest BCUT2D eigenvalue weighted by Crippen LogP contribution is 2.23. The van der Waals surface area contributed by atoms with Crippen LogP contribution in [0.4, 0.5) is 0 Å². The van der Waals surface area contributed by atoms with E-state index in [0.29, 0.717) is 17.4 Å². The van der Waals surface area contributed by atoms with Crippen LogP contribution >= 0.6 is 0 Å². The molecule has 1 heterocycles. The highest BCUT2D eigenvalue weighted by Gasteiger charge is 2.20. The number of aromatic nitrogens is 2. The number of rotatable bonds is 6. The van der Waals surface area contributed by atoms with E-state index < -0.39 is 0 Å². The smallest absolute Gasteiger partial charge is 0.297 e. The second-order valence-electron chi connectivity index (χ2n) is 3.53. The van der Waals surface area contributed by atoms with Gasteiger partial charge in [-0.3, -0.25) is 4.57 Å². The van der Waals surface area contributed by atoms with Crippen molar-refractivity contribution >= 4 is 0 Å². The van der Waals surface area contributed by atoms with Gasteiger partial charge < -0.3 is 20.7 Å². The molecule has 0 spiro atoms. The first-order valence-corrected chi connectivity index (χ1v) is 5.30. The molecule has 0 aromatic carbocycles. The number of aliphatic hydroxyl groups is 2. The molecule has 1 aromatic heterocycles. The molecule has 0 radical (unpaired) electrons. The van der Waals surface area contributed by atoms with Crippen LogP contribution in [0, 0.1) is 0 Å². The zero-order chi connectivity index (χ0) is 12.1. The number of imidazole rings is 1. The summed E-state index contributed by atoms with van der Waals surface area (Å²) in [5.41, 5.74) is 6.90. The molecular formula is C10H19N3O3. The molecule has 1 rings (SSSR count). The molecule has 0 bridgehead atoms. The molecule has 6 nitrogen and oxygen atoms in total. The van der Waals surface area contributed by atoms with Gasteiger partial charge in [-0.1, -0.05) is 13.3 Å². The van der Waals surface area contributed by atoms with E-state index in [4.69, 9.17) is 15.6 Å². The molecule has 0 saturated heterocycles. The minimum atomic E-state index is -0.296. The van der Waals surface area contributed by atoms with Crippen molar-refractivity contribution in [3.05, 3.63) is 11.4 Å². The topological polar surface area (TPSA) is 93.5 Å². The van der Waals surface area contributed by atoms with Gasteiger partial charge in [-0.25, -0.2) is 0 Å². The van der Waals surface area contributed by atoms with Gasteiger partial charge in [-0.2, -0.15) is 4.98 Å². The predicted molar refractivity (Wildman–Crippen MR) is 58.8 cm³/mol. The zero-order valence-electron chi connectivity index (χ0n) is 9.68. The number of nitrogens with zero attached hydrogens (tertiary/aromatic N) is 2. The van der Waals surface area contributed by atoms with E-state index in [-0.39, 0.29) is 19.4 Å². The molecule has 1 unspecified atom stereocenters. The van der Waals surface area contributed by atoms with Crippen molar-refractivity contribution in [1.82, 2.24) is 9.55 Å². The van der Waals surface area contributed by atoms with Crippen molar-refractivity contribution in [2.75, 3.05) is 7.11 Å². The second-order valence-corrected chi connectivity index (χ2v) is 3.53. The molecule has 0 aliphatic heterocycles. The molecule has 16 heavy (non-hydrogen) atoms. The Balaban J connectivity index is 3.16. The van der Waals surface area contributed by atoms with Crippen LogP contribution in [0.2, 0.25) is 0 Å². The molecule has 0 fully saturated rings. The van der Waals surface area contributed by atoms with E-state index in [9.17, 15) is 5.11 Å². The fourth-order valence-electron chi connectivity index (χ4n) is 1.69. The van der Waals surface area contributed by atoms with Gasteiger partial charge in [0, 0.05) is 0 Å². The third-order valence-corrected chi connectivity index (χ3v) is 2.46. The summed E-state index contributed by atoms with van der Waals surface area (Å²) in [5, 5.41) is 18.4. The summed E-state index contributed by atoms with van der Waals surface area (Å²) >= 11 is 0. The first-order chi connectivity index (χ1) is 7.69. The molecule has 6 heteroatoms. The Bertz CT molecular complexity index is 338. The summed E-state index contributed by atoms with van der Waals surface area (Å²) in [6.45, 7) is 1.57. The molecule has 0 amide bonds. The molecular weight excluding hydrogens is 210 g/mol. The molecule has 1 atom stereocenters. The fraction of sp³-hybridized carbons (Fsp3) is 0.700. The maximum atomic E-state index is 9.27. The van der Waals surface area contributed by atoms with E-state index in [0.717, 1.165) is 12.8 Å². The van der Waals surface area contributed by atoms with Crippen molar-refractivity contribution in [1.29, 1.82) is 0 Å². The van der Waals surface area contributed by atoms with Crippen LogP contribution in [0.1, 0.15) is 37.3 Å². The Morgan fingerprint density at radius 3 is 2.56 bits per heavy atom. The van der Waals surface area contributed by atoms with Gasteiger partial charge in [0.25, 0.3) is 6.01 Å². The molecule has 4 N–H and O–H groups in total. The average Bonchev–Trinajstić information content (AvgIpc) is 2.66. The largest absolute Gasteiger partial charge is 0.468 e. The average molecular weight is 229 g/mol. The number of methoxy groups -OCH3 is 1. The standard InChI is InChI=1S/C10H19N3O3/c1-3-4-9(11)13-8(6-15)7(5-14)12-10(13)16-2/h9,14-15H,3-6,11H2,1-2H3. The Morgan fingerprint density at radius 1 is 1.44 bits per heavy atom. The lowest BCUT2D eigenvalue weighted by atomic mass is 10.2. The zero-order valence-corrected chi connectivity index (χ0v) is 9.68. The first-order valence-electron chi connectivity index (χ1n) is 5.30. The van der Waals surface area contributed by atoms with E-state index in [1.807, 2.05) is 6.92 Å². The summed E-state index contributed by atoms with van der Waals surface area (Å²) in [5.74, 6) is 0. The van der Waals surface area contributed by atoms with E-state index in [1.165, 1.54) is 7.11 Å². The molecule has 0 aliphatic rings. The second kappa shape index (κ2) is 5.83. The van der Waals surface area contributed by atoms with Crippen molar-refractivity contribution in [3.63, 3.8) is 0 Å². The predicted octanol–water partition coefficient (Wildman–Crippen LogP) is 0.134. The van der Waals surface area contributed by atoms with E-state index in [1.54, 1.807) is 4.57 Å². The molecule has 92 valence electrons. The maximum Gasteiger partial charge on any atom is 0.297 e. The lowest BCUT2D eigenvalue weighted by molar-refractivity contribution is 0.243. The lowest BCUT2D eigenvalue weighted by Crippen LogP contribution is -2.21. The van der Waals surface area contributed by atoms with Crippen LogP contribution in [0.5, 0.6) is 6.01 Å². The van der Waals surface area contributed by atoms with Gasteiger partial charge in [0.1, 0.15) is 0 Å². The number of nitrogens with two attached hydrogens (primary N) is 1. The van der Waals surface area contributed by atoms with E-state index >= 15 is 0 Å². The number of hydrogen-bond acceptors (Lipinski definition) is 5. The van der Waals surface area contributed by atoms with Crippen LogP contribution in [-0.4, -0.2) is 26.9 Å². The van der Waals surface area contributed by atoms with Gasteiger partial charge in [0.05, 0.1) is 37.9 Å². The monoisotopic (exact) mass is 229 g/mol. The Kier molecular flexibility index (Phi) is 4.72. The first kappa shape index (κ1) is 13.0. The number of ether oxygens (including phenoxy) is 1. The Hall–Kier alpha value is -1.11. The van der Waals surface area contributed by atoms with Crippen molar-refractivity contribution in [3.8, 4) is 6.01 Å². The van der Waals surface area contributed by atoms with Gasteiger partial charge in [-0.05, 0) is 6.42 Å². The van der Waals surface area contributed by atoms with Crippen LogP contribution in [0.25, 0.3) is 0 Å². The molecule has 0 aliphatic carbocycles. The van der Waals surface area contributed by atoms with Crippen LogP contribution in [0.3, 0.4) is 0 Å². The quantitative estimate of drug-likeness (QED) is 0.645. The fourth-order valence-corrected chi connectivity index (χ4v) is 1.69. The summed E-state index contributed by atoms with van der Waals surface area (Å²) < 4.78 is 6.72. The van der Waals surface area contributed by atoms with E-state index in [2.05, 4.69) is 4.98 Å². The summed E-state index contributed by atoms with van der Waals surface area (Å²) in [7, 11) is 1.49. The summed E-state index contributed by atoms with van der Waals surface area (Å²) in [6.07, 6.45) is 1.38. The minimum Gasteiger partial charge on any atom is -0.468 e. The summed E-state index contributed by atoms with van der Waals surface area (Å²) in [6, 6.07) is 0.328. The lowest BCUT2D eigenvalue weighted by Gasteiger charge is -2.17. The molecule has 0 saturated carbocycles. The normalized spacial score (nSPS) is 12.8. The van der Waals surface area contributed by atoms with Crippen molar-refractivity contribution in [2.24, 2.45) is 5.73 Å². The van der Waals surface area contributed by atoms with Gasteiger partial charge in [0.2, 0.25) is 0 Å². The van der Waals surface area contributed by atoms with Crippen molar-refractivity contribution < 1.29 is 14.9 Å². The molecule has 1 aromatic rings. The number of aliphatic hydroxyl groups excluding tert-OH is 2. The van der Waals surface area contributed by atoms with Gasteiger partial charge >= 0.3 is 0 Å². The minimum absolute atomic E-state index is 0.219. The van der Waals surface area contributed by atoms with Crippen LogP contribution in [-0.2, 0) is 13.2 Å². The van der Waals surface area contributed by atoms with Gasteiger partial charge in [-0.15, -0.1) is 0 Å². The highest BCUT2D eigenvalue weighted by molar-refractivity contribution is 5.20. The third kappa shape index (κ3) is 2.34. The maximum absolute atomic E-state index is 9.27. The Labute approximate surface area is 94.7 Å². The highest BCUT2D eigenvalue weighted by atomic mass is 16.5. The van der Waals surface area contributed by atoms with Gasteiger partial charge in [0.15, 0.2) is 0 Å². The van der Waals surface area contributed by atoms with Crippen molar-refractivity contribution in [2.45, 2.75) is 39.1 Å². The Morgan fingerprint density at radius 2 is 2.12 bits per heavy atom. The van der Waals surface area contributed by atoms with Crippen LogP contribution < -0.4 is 10.5 Å². The number of hydrogen-bond donors (Lipinski definition) is 3.